The second kappa shape index (κ2) is 21.6. The van der Waals surface area contributed by atoms with Crippen LogP contribution in [0.1, 0.15) is 64.0 Å². The molecule has 0 unspecified atom stereocenters. The molecule has 0 spiro atoms. The molecule has 17 heteroatoms. The van der Waals surface area contributed by atoms with Crippen molar-refractivity contribution < 1.29 is 47.8 Å². The number of nitrogens with zero attached hydrogens (tertiary/aromatic N) is 1. The summed E-state index contributed by atoms with van der Waals surface area (Å²) >= 11 is 0. The third-order valence-corrected chi connectivity index (χ3v) is 8.26. The first kappa shape index (κ1) is 42.6. The van der Waals surface area contributed by atoms with Crippen molar-refractivity contribution in [2.24, 2.45) is 11.7 Å². The first-order valence-corrected chi connectivity index (χ1v) is 17.7. The molecule has 2 atom stereocenters. The van der Waals surface area contributed by atoms with Gasteiger partial charge in [-0.2, -0.15) is 0 Å². The maximum Gasteiger partial charge on any atom is 0.312 e. The molecular formula is C37H49N7O10. The number of carbonyl (C=O) groups excluding carboxylic acids is 8. The standard InChI is InChI=1S/C37H49N7O10/c1-4-33(49)54-20-25-9-14-27(15-10-25)41-35(50)28(6-5-18-39-37(38)52)42-36(51)34(23(2)3)43-30(46)22-53-21-29(45)40-26-12-7-24(8-13-26)11-16-31(47)44-19-17-32(44)48/h7-10,12-15,23,28,34H,4-6,11,16-22H2,1-3H3,(H,40,45)(H,41,50)(H,42,51)(H,43,46)(H3,38,39,52)/t28-,34-/m0/s1. The largest absolute Gasteiger partial charge is 0.461 e. The maximum atomic E-state index is 13.4. The summed E-state index contributed by atoms with van der Waals surface area (Å²) < 4.78 is 10.4. The number of likely N-dealkylation sites (tertiary alicyclic amines) is 1. The molecule has 3 rings (SSSR count). The van der Waals surface area contributed by atoms with Crippen LogP contribution in [0.3, 0.4) is 0 Å². The van der Waals surface area contributed by atoms with Crippen molar-refractivity contribution in [3.8, 4) is 0 Å². The fraction of sp³-hybridized carbons (Fsp3) is 0.459. The number of hydrogen-bond donors (Lipinski definition) is 6. The number of aryl methyl sites for hydroxylation is 1. The predicted octanol–water partition coefficient (Wildman–Crippen LogP) is 1.50. The van der Waals surface area contributed by atoms with Gasteiger partial charge < -0.3 is 41.8 Å². The topological polar surface area (TPSA) is 244 Å². The van der Waals surface area contributed by atoms with Gasteiger partial charge in [0, 0.05) is 43.7 Å². The van der Waals surface area contributed by atoms with E-state index in [2.05, 4.69) is 26.6 Å². The summed E-state index contributed by atoms with van der Waals surface area (Å²) in [5.41, 5.74) is 7.62. The van der Waals surface area contributed by atoms with Crippen molar-refractivity contribution >= 4 is 58.8 Å². The zero-order chi connectivity index (χ0) is 39.6. The van der Waals surface area contributed by atoms with Gasteiger partial charge in [-0.05, 0) is 60.6 Å². The number of nitrogens with two attached hydrogens (primary N) is 1. The summed E-state index contributed by atoms with van der Waals surface area (Å²) in [6, 6.07) is 10.6. The molecule has 2 aromatic rings. The summed E-state index contributed by atoms with van der Waals surface area (Å²) in [4.78, 5) is 99.1. The number of hydrogen-bond acceptors (Lipinski definition) is 10. The van der Waals surface area contributed by atoms with Crippen molar-refractivity contribution in [1.29, 1.82) is 0 Å². The minimum Gasteiger partial charge on any atom is -0.461 e. The van der Waals surface area contributed by atoms with E-state index in [4.69, 9.17) is 15.2 Å². The number of β-lactam (4-membered cyclic amide) rings is 1. The minimum absolute atomic E-state index is 0.0822. The third-order valence-electron chi connectivity index (χ3n) is 8.26. The van der Waals surface area contributed by atoms with Crippen molar-refractivity contribution in [3.63, 3.8) is 0 Å². The summed E-state index contributed by atoms with van der Waals surface area (Å²) in [5.74, 6) is -3.46. The number of carbonyl (C=O) groups is 8. The Hall–Kier alpha value is -5.84. The predicted molar refractivity (Wildman–Crippen MR) is 196 cm³/mol. The first-order chi connectivity index (χ1) is 25.7. The van der Waals surface area contributed by atoms with Gasteiger partial charge in [0.15, 0.2) is 0 Å². The lowest BCUT2D eigenvalue weighted by Crippen LogP contribution is -2.55. The summed E-state index contributed by atoms with van der Waals surface area (Å²) in [7, 11) is 0. The van der Waals surface area contributed by atoms with Gasteiger partial charge in [-0.25, -0.2) is 4.79 Å². The molecule has 292 valence electrons. The lowest BCUT2D eigenvalue weighted by atomic mass is 10.0. The van der Waals surface area contributed by atoms with Gasteiger partial charge in [0.2, 0.25) is 35.4 Å². The molecule has 1 heterocycles. The number of anilines is 2. The number of esters is 1. The Labute approximate surface area is 313 Å². The van der Waals surface area contributed by atoms with Gasteiger partial charge in [0.05, 0.1) is 0 Å². The molecular weight excluding hydrogens is 702 g/mol. The van der Waals surface area contributed by atoms with Crippen LogP contribution < -0.4 is 32.3 Å². The monoisotopic (exact) mass is 751 g/mol. The highest BCUT2D eigenvalue weighted by Gasteiger charge is 2.30. The van der Waals surface area contributed by atoms with E-state index in [0.717, 1.165) is 5.56 Å². The van der Waals surface area contributed by atoms with E-state index in [1.807, 2.05) is 0 Å². The first-order valence-electron chi connectivity index (χ1n) is 17.7. The molecule has 54 heavy (non-hydrogen) atoms. The lowest BCUT2D eigenvalue weighted by Gasteiger charge is -2.28. The van der Waals surface area contributed by atoms with Gasteiger partial charge in [-0.15, -0.1) is 0 Å². The summed E-state index contributed by atoms with van der Waals surface area (Å²) in [5, 5.41) is 13.1. The van der Waals surface area contributed by atoms with Gasteiger partial charge in [-0.1, -0.05) is 45.0 Å². The van der Waals surface area contributed by atoms with Gasteiger partial charge in [0.25, 0.3) is 0 Å². The Morgan fingerprint density at radius 2 is 1.46 bits per heavy atom. The molecule has 7 N–H and O–H groups in total. The Morgan fingerprint density at radius 1 is 0.833 bits per heavy atom. The van der Waals surface area contributed by atoms with E-state index in [1.54, 1.807) is 69.3 Å². The zero-order valence-electron chi connectivity index (χ0n) is 30.7. The Morgan fingerprint density at radius 3 is 2.04 bits per heavy atom. The zero-order valence-corrected chi connectivity index (χ0v) is 30.7. The van der Waals surface area contributed by atoms with E-state index in [0.29, 0.717) is 42.7 Å². The van der Waals surface area contributed by atoms with Gasteiger partial charge in [0.1, 0.15) is 31.9 Å². The van der Waals surface area contributed by atoms with Crippen LogP contribution in [0.25, 0.3) is 0 Å². The average Bonchev–Trinajstić information content (AvgIpc) is 3.13. The minimum atomic E-state index is -1.06. The van der Waals surface area contributed by atoms with Crippen LogP contribution in [0.2, 0.25) is 0 Å². The molecule has 0 saturated carbocycles. The summed E-state index contributed by atoms with van der Waals surface area (Å²) in [6.07, 6.45) is 1.72. The molecule has 1 aliphatic heterocycles. The lowest BCUT2D eigenvalue weighted by molar-refractivity contribution is -0.152. The molecule has 0 bridgehead atoms. The molecule has 0 radical (unpaired) electrons. The van der Waals surface area contributed by atoms with Crippen LogP contribution in [0.15, 0.2) is 48.5 Å². The number of ether oxygens (including phenoxy) is 2. The van der Waals surface area contributed by atoms with E-state index in [9.17, 15) is 38.4 Å². The molecule has 8 amide bonds. The normalized spacial score (nSPS) is 13.2. The van der Waals surface area contributed by atoms with Crippen LogP contribution >= 0.6 is 0 Å². The van der Waals surface area contributed by atoms with Gasteiger partial charge >= 0.3 is 12.0 Å². The molecule has 2 aromatic carbocycles. The molecule has 17 nitrogen and oxygen atoms in total. The SMILES string of the molecule is CCC(=O)OCc1ccc(NC(=O)[C@H](CCCNC(N)=O)NC(=O)[C@@H](NC(=O)COCC(=O)Nc2ccc(CCC(=O)N3CCC3=O)cc2)C(C)C)cc1. The highest BCUT2D eigenvalue weighted by molar-refractivity contribution is 6.00. The van der Waals surface area contributed by atoms with Crippen LogP contribution in [-0.2, 0) is 56.1 Å². The molecule has 1 fully saturated rings. The number of amides is 8. The van der Waals surface area contributed by atoms with Crippen LogP contribution in [0.5, 0.6) is 0 Å². The van der Waals surface area contributed by atoms with Crippen molar-refractivity contribution in [2.75, 3.05) is 36.9 Å². The number of primary amides is 1. The molecule has 1 aliphatic rings. The number of imide groups is 1. The molecule has 0 aliphatic carbocycles. The van der Waals surface area contributed by atoms with Crippen LogP contribution in [0.4, 0.5) is 16.2 Å². The Balaban J connectivity index is 1.48. The van der Waals surface area contributed by atoms with Crippen molar-refractivity contribution in [1.82, 2.24) is 20.9 Å². The Bertz CT molecular complexity index is 1650. The Kier molecular flexibility index (Phi) is 17.1. The van der Waals surface area contributed by atoms with Gasteiger partial charge in [-0.3, -0.25) is 38.5 Å². The molecule has 0 aromatic heterocycles. The quantitative estimate of drug-likeness (QED) is 0.0610. The second-order valence-electron chi connectivity index (χ2n) is 12.9. The van der Waals surface area contributed by atoms with Crippen LogP contribution in [-0.4, -0.2) is 90.7 Å². The van der Waals surface area contributed by atoms with Crippen LogP contribution in [0, 0.1) is 5.92 Å². The number of urea groups is 1. The number of rotatable bonds is 21. The average molecular weight is 752 g/mol. The fourth-order valence-electron chi connectivity index (χ4n) is 5.13. The number of benzene rings is 2. The van der Waals surface area contributed by atoms with E-state index >= 15 is 0 Å². The van der Waals surface area contributed by atoms with E-state index in [-0.39, 0.29) is 50.2 Å². The maximum absolute atomic E-state index is 13.4. The van der Waals surface area contributed by atoms with E-state index in [1.165, 1.54) is 4.90 Å². The third kappa shape index (κ3) is 14.7. The highest BCUT2D eigenvalue weighted by Crippen LogP contribution is 2.16. The smallest absolute Gasteiger partial charge is 0.312 e. The van der Waals surface area contributed by atoms with Crippen molar-refractivity contribution in [2.45, 2.75) is 78.0 Å². The number of nitrogens with one attached hydrogen (secondary N) is 5. The van der Waals surface area contributed by atoms with Crippen molar-refractivity contribution in [3.05, 3.63) is 59.7 Å². The summed E-state index contributed by atoms with van der Waals surface area (Å²) in [6.45, 7) is 4.84. The second-order valence-corrected chi connectivity index (χ2v) is 12.9. The highest BCUT2D eigenvalue weighted by atomic mass is 16.5. The fourth-order valence-corrected chi connectivity index (χ4v) is 5.13. The van der Waals surface area contributed by atoms with E-state index < -0.39 is 60.9 Å². The molecule has 1 saturated heterocycles.